The van der Waals surface area contributed by atoms with Gasteiger partial charge in [-0.3, -0.25) is 9.59 Å². The number of carbonyl (C=O) groups is 1. The summed E-state index contributed by atoms with van der Waals surface area (Å²) < 4.78 is 5.83. The SMILES string of the molecule is O=C(c1ccc(-c2ccccc2)[nH]c1=O)N1CCOC(Cc2ccccc2)C1. The predicted octanol–water partition coefficient (Wildman–Crippen LogP) is 3.13. The van der Waals surface area contributed by atoms with E-state index in [1.54, 1.807) is 17.0 Å². The fourth-order valence-corrected chi connectivity index (χ4v) is 3.50. The van der Waals surface area contributed by atoms with Gasteiger partial charge < -0.3 is 14.6 Å². The molecule has 1 aliphatic heterocycles. The summed E-state index contributed by atoms with van der Waals surface area (Å²) in [7, 11) is 0. The van der Waals surface area contributed by atoms with Crippen molar-refractivity contribution >= 4 is 5.91 Å². The number of aromatic amines is 1. The first-order valence-corrected chi connectivity index (χ1v) is 9.44. The van der Waals surface area contributed by atoms with Gasteiger partial charge in [-0.05, 0) is 23.3 Å². The van der Waals surface area contributed by atoms with E-state index in [0.717, 1.165) is 12.0 Å². The van der Waals surface area contributed by atoms with Crippen molar-refractivity contribution < 1.29 is 9.53 Å². The summed E-state index contributed by atoms with van der Waals surface area (Å²) in [5.74, 6) is -0.248. The molecule has 1 amide bonds. The minimum absolute atomic E-state index is 0.0669. The summed E-state index contributed by atoms with van der Waals surface area (Å²) >= 11 is 0. The van der Waals surface area contributed by atoms with E-state index >= 15 is 0 Å². The summed E-state index contributed by atoms with van der Waals surface area (Å²) in [6, 6.07) is 23.1. The van der Waals surface area contributed by atoms with Gasteiger partial charge in [0.1, 0.15) is 5.56 Å². The highest BCUT2D eigenvalue weighted by Gasteiger charge is 2.26. The number of nitrogens with one attached hydrogen (secondary N) is 1. The third-order valence-corrected chi connectivity index (χ3v) is 4.96. The number of morpholine rings is 1. The van der Waals surface area contributed by atoms with Gasteiger partial charge in [0.15, 0.2) is 0 Å². The average Bonchev–Trinajstić information content (AvgIpc) is 2.75. The third kappa shape index (κ3) is 4.05. The molecule has 4 rings (SSSR count). The van der Waals surface area contributed by atoms with Crippen LogP contribution in [0.1, 0.15) is 15.9 Å². The van der Waals surface area contributed by atoms with E-state index in [1.165, 1.54) is 5.56 Å². The van der Waals surface area contributed by atoms with Gasteiger partial charge >= 0.3 is 0 Å². The van der Waals surface area contributed by atoms with Crippen LogP contribution in [0, 0.1) is 0 Å². The summed E-state index contributed by atoms with van der Waals surface area (Å²) in [5.41, 5.74) is 2.59. The Labute approximate surface area is 163 Å². The number of ether oxygens (including phenoxy) is 1. The van der Waals surface area contributed by atoms with Crippen molar-refractivity contribution in [1.82, 2.24) is 9.88 Å². The highest BCUT2D eigenvalue weighted by atomic mass is 16.5. The van der Waals surface area contributed by atoms with E-state index in [4.69, 9.17) is 4.74 Å². The smallest absolute Gasteiger partial charge is 0.261 e. The van der Waals surface area contributed by atoms with Crippen LogP contribution in [0.5, 0.6) is 0 Å². The maximum Gasteiger partial charge on any atom is 0.261 e. The predicted molar refractivity (Wildman–Crippen MR) is 108 cm³/mol. The molecule has 1 saturated heterocycles. The van der Waals surface area contributed by atoms with Crippen molar-refractivity contribution in [3.05, 3.63) is 94.3 Å². The van der Waals surface area contributed by atoms with E-state index in [2.05, 4.69) is 17.1 Å². The van der Waals surface area contributed by atoms with Crippen LogP contribution in [0.2, 0.25) is 0 Å². The molecule has 5 nitrogen and oxygen atoms in total. The normalized spacial score (nSPS) is 16.7. The lowest BCUT2D eigenvalue weighted by Gasteiger charge is -2.33. The van der Waals surface area contributed by atoms with Gasteiger partial charge in [-0.25, -0.2) is 0 Å². The molecule has 0 spiro atoms. The van der Waals surface area contributed by atoms with Gasteiger partial charge in [-0.15, -0.1) is 0 Å². The Kier molecular flexibility index (Phi) is 5.35. The molecular formula is C23H22N2O3. The fraction of sp³-hybridized carbons (Fsp3) is 0.217. The Morgan fingerprint density at radius 1 is 1.00 bits per heavy atom. The molecule has 1 aromatic heterocycles. The number of hydrogen-bond donors (Lipinski definition) is 1. The second-order valence-electron chi connectivity index (χ2n) is 6.91. The van der Waals surface area contributed by atoms with Crippen LogP contribution in [0.4, 0.5) is 0 Å². The van der Waals surface area contributed by atoms with Gasteiger partial charge in [-0.2, -0.15) is 0 Å². The second-order valence-corrected chi connectivity index (χ2v) is 6.91. The highest BCUT2D eigenvalue weighted by Crippen LogP contribution is 2.17. The van der Waals surface area contributed by atoms with Crippen molar-refractivity contribution in [1.29, 1.82) is 0 Å². The third-order valence-electron chi connectivity index (χ3n) is 4.96. The molecule has 1 atom stereocenters. The Morgan fingerprint density at radius 3 is 2.43 bits per heavy atom. The standard InChI is InChI=1S/C23H22N2O3/c26-22-20(11-12-21(24-22)18-9-5-2-6-10-18)23(27)25-13-14-28-19(16-25)15-17-7-3-1-4-8-17/h1-12,19H,13-16H2,(H,24,26). The van der Waals surface area contributed by atoms with Crippen LogP contribution >= 0.6 is 0 Å². The molecule has 1 aliphatic rings. The molecule has 2 aromatic carbocycles. The minimum Gasteiger partial charge on any atom is -0.374 e. The Bertz CT molecular complexity index is 999. The average molecular weight is 374 g/mol. The van der Waals surface area contributed by atoms with Gasteiger partial charge in [-0.1, -0.05) is 60.7 Å². The molecule has 0 aliphatic carbocycles. The number of amides is 1. The molecule has 2 heterocycles. The number of aromatic nitrogens is 1. The van der Waals surface area contributed by atoms with Crippen LogP contribution in [0.15, 0.2) is 77.6 Å². The zero-order valence-electron chi connectivity index (χ0n) is 15.5. The fourth-order valence-electron chi connectivity index (χ4n) is 3.50. The largest absolute Gasteiger partial charge is 0.374 e. The molecule has 0 saturated carbocycles. The van der Waals surface area contributed by atoms with E-state index in [9.17, 15) is 9.59 Å². The van der Waals surface area contributed by atoms with E-state index < -0.39 is 0 Å². The number of benzene rings is 2. The van der Waals surface area contributed by atoms with Crippen LogP contribution in [-0.2, 0) is 11.2 Å². The molecule has 0 radical (unpaired) electrons. The van der Waals surface area contributed by atoms with Crippen molar-refractivity contribution in [2.45, 2.75) is 12.5 Å². The Morgan fingerprint density at radius 2 is 1.71 bits per heavy atom. The topological polar surface area (TPSA) is 62.4 Å². The molecule has 28 heavy (non-hydrogen) atoms. The summed E-state index contributed by atoms with van der Waals surface area (Å²) in [6.07, 6.45) is 0.677. The van der Waals surface area contributed by atoms with E-state index in [-0.39, 0.29) is 23.1 Å². The lowest BCUT2D eigenvalue weighted by Crippen LogP contribution is -2.47. The first kappa shape index (κ1) is 18.2. The van der Waals surface area contributed by atoms with Crippen molar-refractivity contribution in [2.75, 3.05) is 19.7 Å². The monoisotopic (exact) mass is 374 g/mol. The zero-order chi connectivity index (χ0) is 19.3. The van der Waals surface area contributed by atoms with Crippen molar-refractivity contribution in [3.63, 3.8) is 0 Å². The van der Waals surface area contributed by atoms with E-state index in [1.807, 2.05) is 48.5 Å². The number of rotatable bonds is 4. The molecule has 1 fully saturated rings. The maximum atomic E-state index is 12.9. The quantitative estimate of drug-likeness (QED) is 0.763. The van der Waals surface area contributed by atoms with Gasteiger partial charge in [0.05, 0.1) is 12.7 Å². The highest BCUT2D eigenvalue weighted by molar-refractivity contribution is 5.94. The summed E-state index contributed by atoms with van der Waals surface area (Å²) in [5, 5.41) is 0. The molecule has 0 bridgehead atoms. The van der Waals surface area contributed by atoms with Gasteiger partial charge in [0.2, 0.25) is 0 Å². The Balaban J connectivity index is 1.48. The molecular weight excluding hydrogens is 352 g/mol. The number of hydrogen-bond acceptors (Lipinski definition) is 3. The molecule has 1 N–H and O–H groups in total. The number of pyridine rings is 1. The minimum atomic E-state index is -0.363. The van der Waals surface area contributed by atoms with Crippen LogP contribution in [0.3, 0.4) is 0 Å². The summed E-state index contributed by atoms with van der Waals surface area (Å²) in [6.45, 7) is 1.45. The maximum absolute atomic E-state index is 12.9. The van der Waals surface area contributed by atoms with Crippen LogP contribution in [0.25, 0.3) is 11.3 Å². The van der Waals surface area contributed by atoms with Gasteiger partial charge in [0, 0.05) is 25.2 Å². The lowest BCUT2D eigenvalue weighted by molar-refractivity contribution is -0.0208. The summed E-state index contributed by atoms with van der Waals surface area (Å²) in [4.78, 5) is 30.0. The van der Waals surface area contributed by atoms with Crippen molar-refractivity contribution in [2.24, 2.45) is 0 Å². The first-order valence-electron chi connectivity index (χ1n) is 9.44. The zero-order valence-corrected chi connectivity index (χ0v) is 15.5. The number of nitrogens with zero attached hydrogens (tertiary/aromatic N) is 1. The van der Waals surface area contributed by atoms with Gasteiger partial charge in [0.25, 0.3) is 11.5 Å². The molecule has 3 aromatic rings. The van der Waals surface area contributed by atoms with Crippen molar-refractivity contribution in [3.8, 4) is 11.3 Å². The molecule has 142 valence electrons. The second kappa shape index (κ2) is 8.23. The Hall–Kier alpha value is -3.18. The lowest BCUT2D eigenvalue weighted by atomic mass is 10.1. The molecule has 5 heteroatoms. The molecule has 1 unspecified atom stereocenters. The van der Waals surface area contributed by atoms with E-state index in [0.29, 0.717) is 25.4 Å². The first-order chi connectivity index (χ1) is 13.7. The number of carbonyl (C=O) groups excluding carboxylic acids is 1. The number of H-pyrrole nitrogens is 1. The van der Waals surface area contributed by atoms with Crippen LogP contribution < -0.4 is 5.56 Å². The van der Waals surface area contributed by atoms with Crippen LogP contribution in [-0.4, -0.2) is 41.6 Å².